The Hall–Kier alpha value is -0.120. The van der Waals surface area contributed by atoms with Crippen molar-refractivity contribution in [3.8, 4) is 0 Å². The average Bonchev–Trinajstić information content (AvgIpc) is 2.80. The largest absolute Gasteiger partial charge is 0.376 e. The van der Waals surface area contributed by atoms with Gasteiger partial charge in [-0.1, -0.05) is 0 Å². The van der Waals surface area contributed by atoms with E-state index in [0.717, 1.165) is 26.2 Å². The molecule has 0 aromatic rings. The predicted molar refractivity (Wildman–Crippen MR) is 39.5 cm³/mol. The van der Waals surface area contributed by atoms with Gasteiger partial charge in [-0.15, -0.1) is 0 Å². The highest BCUT2D eigenvalue weighted by Crippen LogP contribution is 2.18. The fraction of sp³-hybridized carbons (Fsp3) is 1.00. The summed E-state index contributed by atoms with van der Waals surface area (Å²) in [7, 11) is 0. The number of hydrogen-bond donors (Lipinski definition) is 0. The molecule has 3 heteroatoms. The highest BCUT2D eigenvalue weighted by atomic mass is 16.6. The van der Waals surface area contributed by atoms with Crippen LogP contribution in [0.2, 0.25) is 0 Å². The molecule has 0 spiro atoms. The van der Waals surface area contributed by atoms with Crippen molar-refractivity contribution in [2.45, 2.75) is 31.7 Å². The topological polar surface area (TPSA) is 34.3 Å². The summed E-state index contributed by atoms with van der Waals surface area (Å²) in [6, 6.07) is 0. The first-order valence-corrected chi connectivity index (χ1v) is 4.19. The molecule has 2 rings (SSSR count). The quantitative estimate of drug-likeness (QED) is 0.549. The molecule has 0 amide bonds. The zero-order valence-electron chi connectivity index (χ0n) is 6.79. The van der Waals surface area contributed by atoms with Gasteiger partial charge in [0.25, 0.3) is 0 Å². The molecule has 2 heterocycles. The highest BCUT2D eigenvalue weighted by Gasteiger charge is 2.27. The average molecular weight is 158 g/mol. The van der Waals surface area contributed by atoms with Crippen LogP contribution >= 0.6 is 0 Å². The van der Waals surface area contributed by atoms with Gasteiger partial charge in [-0.05, 0) is 6.92 Å². The molecule has 0 radical (unpaired) electrons. The fourth-order valence-corrected chi connectivity index (χ4v) is 1.08. The van der Waals surface area contributed by atoms with E-state index in [9.17, 15) is 0 Å². The maximum Gasteiger partial charge on any atom is 0.104 e. The molecular weight excluding hydrogens is 144 g/mol. The molecule has 64 valence electrons. The van der Waals surface area contributed by atoms with E-state index in [4.69, 9.17) is 14.2 Å². The summed E-state index contributed by atoms with van der Waals surface area (Å²) in [4.78, 5) is 0. The van der Waals surface area contributed by atoms with E-state index in [0.29, 0.717) is 18.3 Å². The van der Waals surface area contributed by atoms with E-state index < -0.39 is 0 Å². The molecule has 2 saturated heterocycles. The van der Waals surface area contributed by atoms with Crippen molar-refractivity contribution in [3.63, 3.8) is 0 Å². The van der Waals surface area contributed by atoms with Gasteiger partial charge >= 0.3 is 0 Å². The normalized spacial score (nSPS) is 36.8. The Balaban J connectivity index is 1.52. The van der Waals surface area contributed by atoms with Gasteiger partial charge in [-0.3, -0.25) is 0 Å². The smallest absolute Gasteiger partial charge is 0.104 e. The minimum atomic E-state index is 0.326. The highest BCUT2D eigenvalue weighted by molar-refractivity contribution is 4.73. The standard InChI is InChI=1S/C8H14O3/c1-6(2-7-3-10-7)9-4-8-5-11-8/h6-8H,2-5H2,1H3. The summed E-state index contributed by atoms with van der Waals surface area (Å²) in [6.07, 6.45) is 2.22. The van der Waals surface area contributed by atoms with E-state index in [1.807, 2.05) is 0 Å². The fourth-order valence-electron chi connectivity index (χ4n) is 1.08. The molecule has 3 nitrogen and oxygen atoms in total. The first-order valence-electron chi connectivity index (χ1n) is 4.19. The van der Waals surface area contributed by atoms with Crippen LogP contribution in [0.1, 0.15) is 13.3 Å². The van der Waals surface area contributed by atoms with Crippen molar-refractivity contribution in [3.05, 3.63) is 0 Å². The number of epoxide rings is 2. The molecule has 0 aliphatic carbocycles. The Kier molecular flexibility index (Phi) is 2.11. The van der Waals surface area contributed by atoms with Crippen LogP contribution < -0.4 is 0 Å². The number of hydrogen-bond acceptors (Lipinski definition) is 3. The van der Waals surface area contributed by atoms with Crippen LogP contribution in [0.3, 0.4) is 0 Å². The first-order chi connectivity index (χ1) is 5.34. The predicted octanol–water partition coefficient (Wildman–Crippen LogP) is 0.579. The molecule has 0 bridgehead atoms. The van der Waals surface area contributed by atoms with Crippen LogP contribution in [0.5, 0.6) is 0 Å². The van der Waals surface area contributed by atoms with Crippen molar-refractivity contribution in [1.29, 1.82) is 0 Å². The lowest BCUT2D eigenvalue weighted by molar-refractivity contribution is 0.0445. The molecule has 0 saturated carbocycles. The second kappa shape index (κ2) is 3.09. The van der Waals surface area contributed by atoms with Gasteiger partial charge in [-0.2, -0.15) is 0 Å². The van der Waals surface area contributed by atoms with Crippen LogP contribution in [0.15, 0.2) is 0 Å². The van der Waals surface area contributed by atoms with Crippen LogP contribution in [0.4, 0.5) is 0 Å². The van der Waals surface area contributed by atoms with E-state index in [-0.39, 0.29) is 0 Å². The Bertz CT molecular complexity index is 129. The molecule has 0 N–H and O–H groups in total. The number of rotatable bonds is 5. The SMILES string of the molecule is CC(CC1CO1)OCC1CO1. The summed E-state index contributed by atoms with van der Waals surface area (Å²) in [5, 5.41) is 0. The zero-order chi connectivity index (χ0) is 7.68. The van der Waals surface area contributed by atoms with E-state index in [1.54, 1.807) is 0 Å². The first kappa shape index (κ1) is 7.53. The molecular formula is C8H14O3. The maximum absolute atomic E-state index is 5.51. The second-order valence-electron chi connectivity index (χ2n) is 3.29. The Morgan fingerprint density at radius 3 is 2.55 bits per heavy atom. The van der Waals surface area contributed by atoms with Gasteiger partial charge in [0.2, 0.25) is 0 Å². The lowest BCUT2D eigenvalue weighted by Crippen LogP contribution is -2.14. The van der Waals surface area contributed by atoms with Gasteiger partial charge in [0, 0.05) is 6.42 Å². The maximum atomic E-state index is 5.51. The van der Waals surface area contributed by atoms with Gasteiger partial charge in [0.05, 0.1) is 32.0 Å². The van der Waals surface area contributed by atoms with Crippen molar-refractivity contribution >= 4 is 0 Å². The summed E-state index contributed by atoms with van der Waals surface area (Å²) in [6.45, 7) is 4.65. The van der Waals surface area contributed by atoms with Gasteiger partial charge in [0.15, 0.2) is 0 Å². The summed E-state index contributed by atoms with van der Waals surface area (Å²) in [5.74, 6) is 0. The van der Waals surface area contributed by atoms with Crippen LogP contribution in [-0.4, -0.2) is 38.1 Å². The summed E-state index contributed by atoms with van der Waals surface area (Å²) < 4.78 is 15.6. The lowest BCUT2D eigenvalue weighted by Gasteiger charge is -2.09. The number of ether oxygens (including phenoxy) is 3. The molecule has 2 fully saturated rings. The monoisotopic (exact) mass is 158 g/mol. The Morgan fingerprint density at radius 1 is 1.36 bits per heavy atom. The van der Waals surface area contributed by atoms with Crippen LogP contribution in [0.25, 0.3) is 0 Å². The molecule has 2 aliphatic rings. The van der Waals surface area contributed by atoms with E-state index in [2.05, 4.69) is 6.92 Å². The van der Waals surface area contributed by atoms with Crippen LogP contribution in [0, 0.1) is 0 Å². The molecule has 2 aliphatic heterocycles. The molecule has 0 aromatic heterocycles. The van der Waals surface area contributed by atoms with E-state index in [1.165, 1.54) is 0 Å². The molecule has 0 aromatic carbocycles. The lowest BCUT2D eigenvalue weighted by atomic mass is 10.2. The van der Waals surface area contributed by atoms with Gasteiger partial charge in [-0.25, -0.2) is 0 Å². The van der Waals surface area contributed by atoms with Crippen molar-refractivity contribution in [1.82, 2.24) is 0 Å². The third kappa shape index (κ3) is 2.77. The van der Waals surface area contributed by atoms with E-state index >= 15 is 0 Å². The molecule has 3 unspecified atom stereocenters. The minimum absolute atomic E-state index is 0.326. The van der Waals surface area contributed by atoms with Crippen LogP contribution in [-0.2, 0) is 14.2 Å². The third-order valence-corrected chi connectivity index (χ3v) is 1.97. The third-order valence-electron chi connectivity index (χ3n) is 1.97. The van der Waals surface area contributed by atoms with Crippen molar-refractivity contribution in [2.24, 2.45) is 0 Å². The van der Waals surface area contributed by atoms with Gasteiger partial charge < -0.3 is 14.2 Å². The molecule has 11 heavy (non-hydrogen) atoms. The summed E-state index contributed by atoms with van der Waals surface area (Å²) >= 11 is 0. The Morgan fingerprint density at radius 2 is 2.00 bits per heavy atom. The van der Waals surface area contributed by atoms with Crippen molar-refractivity contribution in [2.75, 3.05) is 19.8 Å². The zero-order valence-corrected chi connectivity index (χ0v) is 6.79. The molecule has 3 atom stereocenters. The summed E-state index contributed by atoms with van der Waals surface area (Å²) in [5.41, 5.74) is 0. The van der Waals surface area contributed by atoms with Gasteiger partial charge in [0.1, 0.15) is 6.10 Å². The van der Waals surface area contributed by atoms with Crippen molar-refractivity contribution < 1.29 is 14.2 Å². The second-order valence-corrected chi connectivity index (χ2v) is 3.29. The Labute approximate surface area is 66.6 Å². The minimum Gasteiger partial charge on any atom is -0.376 e.